The van der Waals surface area contributed by atoms with Gasteiger partial charge in [-0.05, 0) is 88.2 Å². The quantitative estimate of drug-likeness (QED) is 0.0305. The van der Waals surface area contributed by atoms with Crippen molar-refractivity contribution >= 4 is 79.6 Å². The molecule has 0 aliphatic carbocycles. The van der Waals surface area contributed by atoms with E-state index in [4.69, 9.17) is 47.5 Å². The largest absolute Gasteiger partial charge is 0.412 e. The molecule has 2 aliphatic heterocycles. The number of anilines is 2. The average molecular weight is 1330 g/mol. The maximum Gasteiger partial charge on any atom is 0.327 e. The highest BCUT2D eigenvalue weighted by Crippen LogP contribution is 2.50. The number of amides is 2. The lowest BCUT2D eigenvalue weighted by Gasteiger charge is -2.40. The second kappa shape index (κ2) is 35.3. The van der Waals surface area contributed by atoms with Gasteiger partial charge >= 0.3 is 8.69 Å². The standard InChI is InChI=1S/C33H50N7O5PSi.C24H32N5O5PSi.C3H5NO.2CH4.H2O/c1-22(2)40(23(3)4)46(42-18-14-17-34)43-19-26-24(5)28(45-47(9,10)33(6,7)8)32(44-26)39-21-37-27-29(35-20-36-30(27)39)38-31(41)25-15-12-11-13-16-25;1-15-17(12-32-35-31)33-23(19(15)34-36(5,6)24(2,3)4)29-14-27-18-20(25-13-26-21(18)29)28-22(30)16-10-8-7-9-11-16;4-2-1-3-5;;;/h11-13,15-16,20-24,26,28,32H,14,18-19H2,1-10H3,(H,35,36,38,41);7-11,13-15,17,19,23H,12H2,1-6H3,(H,25,26,28,30);5H,1,3H2;2*1H4;1H2/t24-,26-,28-,32-,46?;15-,17-,19-,23-;;;;/m11..../s1. The van der Waals surface area contributed by atoms with Crippen LogP contribution < -0.4 is 10.6 Å². The van der Waals surface area contributed by atoms with Gasteiger partial charge in [0.1, 0.15) is 12.7 Å². The molecular formula is C62H97N13O12P2Si2. The molecule has 2 fully saturated rings. The van der Waals surface area contributed by atoms with Gasteiger partial charge in [-0.15, -0.1) is 0 Å². The van der Waals surface area contributed by atoms with Crippen LogP contribution in [-0.4, -0.2) is 146 Å². The van der Waals surface area contributed by atoms with Crippen LogP contribution in [0.25, 0.3) is 22.3 Å². The van der Waals surface area contributed by atoms with Gasteiger partial charge in [0, 0.05) is 35.0 Å². The van der Waals surface area contributed by atoms with Crippen LogP contribution in [0.3, 0.4) is 0 Å². The first kappa shape index (κ1) is 79.3. The molecule has 4 aromatic heterocycles. The Morgan fingerprint density at radius 3 is 1.44 bits per heavy atom. The third kappa shape index (κ3) is 20.0. The van der Waals surface area contributed by atoms with E-state index in [1.165, 1.54) is 12.7 Å². The number of fused-ring (bicyclic) bond motifs is 2. The van der Waals surface area contributed by atoms with Crippen molar-refractivity contribution in [2.24, 2.45) is 11.8 Å². The predicted molar refractivity (Wildman–Crippen MR) is 359 cm³/mol. The molecule has 6 aromatic rings. The lowest BCUT2D eigenvalue weighted by molar-refractivity contribution is -0.0450. The van der Waals surface area contributed by atoms with Crippen LogP contribution in [0.5, 0.6) is 0 Å². The van der Waals surface area contributed by atoms with E-state index in [0.29, 0.717) is 51.7 Å². The van der Waals surface area contributed by atoms with E-state index in [1.807, 2.05) is 40.3 Å². The summed E-state index contributed by atoms with van der Waals surface area (Å²) < 4.78 is 61.8. The van der Waals surface area contributed by atoms with Gasteiger partial charge in [-0.25, -0.2) is 39.1 Å². The van der Waals surface area contributed by atoms with E-state index in [9.17, 15) is 14.2 Å². The smallest absolute Gasteiger partial charge is 0.327 e. The topological polar surface area (TPSA) is 330 Å². The van der Waals surface area contributed by atoms with Gasteiger partial charge in [0.05, 0.1) is 88.5 Å². The summed E-state index contributed by atoms with van der Waals surface area (Å²) in [5.41, 5.74) is 2.97. The second-order valence-corrected chi connectivity index (χ2v) is 36.5. The van der Waals surface area contributed by atoms with E-state index in [2.05, 4.69) is 154 Å². The number of aliphatic hydroxyl groups excluding tert-OH is 1. The van der Waals surface area contributed by atoms with E-state index in [1.54, 1.807) is 55.1 Å². The molecule has 2 saturated heterocycles. The number of carbonyl (C=O) groups is 2. The molecule has 8 rings (SSSR count). The molecule has 0 saturated carbocycles. The summed E-state index contributed by atoms with van der Waals surface area (Å²) in [5.74, 6) is -0.0317. The minimum atomic E-state index is -2.25. The Bertz CT molecular complexity index is 3320. The monoisotopic (exact) mass is 1330 g/mol. The molecule has 0 radical (unpaired) electrons. The Kier molecular flexibility index (Phi) is 30.8. The lowest BCUT2D eigenvalue weighted by Crippen LogP contribution is -2.46. The van der Waals surface area contributed by atoms with Crippen molar-refractivity contribution < 1.29 is 56.6 Å². The Hall–Kier alpha value is -5.98. The van der Waals surface area contributed by atoms with Crippen molar-refractivity contribution in [2.45, 2.75) is 196 Å². The molecule has 6 heterocycles. The fourth-order valence-electron chi connectivity index (χ4n) is 9.30. The molecule has 25 nitrogen and oxygen atoms in total. The summed E-state index contributed by atoms with van der Waals surface area (Å²) in [6.45, 7) is 35.4. The van der Waals surface area contributed by atoms with Crippen LogP contribution in [0.1, 0.15) is 144 Å². The fraction of sp³-hybridized carbons (Fsp3) is 0.581. The molecule has 29 heteroatoms. The van der Waals surface area contributed by atoms with Gasteiger partial charge in [0.2, 0.25) is 0 Å². The number of aromatic nitrogens is 8. The van der Waals surface area contributed by atoms with Crippen LogP contribution in [-0.2, 0) is 36.5 Å². The van der Waals surface area contributed by atoms with Crippen LogP contribution in [0, 0.1) is 34.5 Å². The SMILES string of the molecule is C.C.CC(C)N(C(C)C)P(OCCC#N)OC[C@H]1O[C@@H](n2cnc3c(NC(=O)c4ccccc4)ncnc32)[C@H](O[Si](C)(C)C(C)(C)C)[C@@H]1C.C[C@H]1[C@@H](O[Si](C)(C)C(C)(C)C)[C@H](n2cnc3c(NC(=O)c4ccccc4)ncnc32)O[C@@H]1COP=O.N#CCCO.O. The van der Waals surface area contributed by atoms with Gasteiger partial charge in [-0.2, -0.15) is 10.5 Å². The summed E-state index contributed by atoms with van der Waals surface area (Å²) in [7, 11) is -6.26. The number of hydrogen-bond donors (Lipinski definition) is 3. The first-order valence-electron chi connectivity index (χ1n) is 29.5. The summed E-state index contributed by atoms with van der Waals surface area (Å²) in [6, 6.07) is 22.2. The van der Waals surface area contributed by atoms with Gasteiger partial charge in [0.25, 0.3) is 20.3 Å². The Labute approximate surface area is 542 Å². The zero-order chi connectivity index (χ0) is 64.7. The molecule has 91 heavy (non-hydrogen) atoms. The number of benzene rings is 2. The number of nitriles is 2. The first-order valence-corrected chi connectivity index (χ1v) is 37.2. The maximum absolute atomic E-state index is 13.0. The van der Waals surface area contributed by atoms with Crippen LogP contribution in [0.15, 0.2) is 86.0 Å². The van der Waals surface area contributed by atoms with Gasteiger partial charge in [-0.3, -0.25) is 23.2 Å². The Morgan fingerprint density at radius 1 is 0.681 bits per heavy atom. The highest BCUT2D eigenvalue weighted by Gasteiger charge is 2.51. The number of aliphatic hydroxyl groups is 1. The van der Waals surface area contributed by atoms with E-state index in [0.717, 1.165) is 0 Å². The van der Waals surface area contributed by atoms with Crippen molar-refractivity contribution in [3.63, 3.8) is 0 Å². The molecule has 2 aromatic carbocycles. The van der Waals surface area contributed by atoms with Crippen LogP contribution in [0.2, 0.25) is 36.3 Å². The third-order valence-corrected chi connectivity index (χ3v) is 27.5. The van der Waals surface area contributed by atoms with Crippen molar-refractivity contribution in [2.75, 3.05) is 37.1 Å². The van der Waals surface area contributed by atoms with Gasteiger partial charge < -0.3 is 48.6 Å². The molecule has 2 amide bonds. The molecule has 500 valence electrons. The number of carbonyl (C=O) groups excluding carboxylic acids is 2. The number of rotatable bonds is 23. The normalized spacial score (nSPS) is 20.3. The Morgan fingerprint density at radius 2 is 1.09 bits per heavy atom. The molecule has 1 unspecified atom stereocenters. The van der Waals surface area contributed by atoms with Gasteiger partial charge in [-0.1, -0.05) is 107 Å². The zero-order valence-electron chi connectivity index (χ0n) is 53.9. The third-order valence-electron chi connectivity index (χ3n) is 16.2. The minimum absolute atomic E-state index is 0. The van der Waals surface area contributed by atoms with Crippen molar-refractivity contribution in [1.82, 2.24) is 43.7 Å². The summed E-state index contributed by atoms with van der Waals surface area (Å²) in [5, 5.41) is 30.3. The second-order valence-electron chi connectivity index (χ2n) is 25.1. The highest BCUT2D eigenvalue weighted by molar-refractivity contribution is 7.44. The molecular weight excluding hydrogens is 1240 g/mol. The molecule has 0 spiro atoms. The average Bonchev–Trinajstić information content (AvgIpc) is 1.64. The number of ether oxygens (including phenoxy) is 2. The number of nitrogens with zero attached hydrogens (tertiary/aromatic N) is 11. The molecule has 2 aliphatic rings. The van der Waals surface area contributed by atoms with E-state index in [-0.39, 0.29) is 123 Å². The molecule has 9 atom stereocenters. The van der Waals surface area contributed by atoms with Crippen molar-refractivity contribution in [3.05, 3.63) is 97.1 Å². The van der Waals surface area contributed by atoms with E-state index >= 15 is 0 Å². The van der Waals surface area contributed by atoms with Crippen LogP contribution >= 0.6 is 17.2 Å². The summed E-state index contributed by atoms with van der Waals surface area (Å²) in [4.78, 5) is 52.4. The van der Waals surface area contributed by atoms with E-state index < -0.39 is 46.3 Å². The van der Waals surface area contributed by atoms with Crippen molar-refractivity contribution in [3.8, 4) is 12.1 Å². The van der Waals surface area contributed by atoms with Gasteiger partial charge in [0.15, 0.2) is 63.1 Å². The fourth-order valence-corrected chi connectivity index (χ4v) is 13.9. The summed E-state index contributed by atoms with van der Waals surface area (Å²) >= 11 is 0. The number of hydrogen-bond acceptors (Lipinski definition) is 20. The predicted octanol–water partition coefficient (Wildman–Crippen LogP) is 12.9. The van der Waals surface area contributed by atoms with Crippen LogP contribution in [0.4, 0.5) is 11.6 Å². The number of nitrogens with one attached hydrogen (secondary N) is 2. The number of imidazole rings is 2. The lowest BCUT2D eigenvalue weighted by atomic mass is 10.0. The first-order chi connectivity index (χ1) is 41.6. The maximum atomic E-state index is 13.0. The zero-order valence-corrected chi connectivity index (χ0v) is 57.7. The molecule has 5 N–H and O–H groups in total. The molecule has 0 bridgehead atoms. The van der Waals surface area contributed by atoms with Crippen molar-refractivity contribution in [1.29, 1.82) is 10.5 Å². The summed E-state index contributed by atoms with van der Waals surface area (Å²) in [6.07, 6.45) is 4.28. The minimum Gasteiger partial charge on any atom is -0.412 e. The Balaban J connectivity index is 0.000000440. The highest BCUT2D eigenvalue weighted by atomic mass is 31.2.